The number of nitrogens with zero attached hydrogens (tertiary/aromatic N) is 5. The van der Waals surface area contributed by atoms with Crippen molar-refractivity contribution in [2.24, 2.45) is 0 Å². The van der Waals surface area contributed by atoms with Crippen LogP contribution in [-0.2, 0) is 0 Å². The summed E-state index contributed by atoms with van der Waals surface area (Å²) in [6.45, 7) is 1.89. The maximum atomic E-state index is 5.23. The maximum Gasteiger partial charge on any atom is 0.200 e. The lowest BCUT2D eigenvalue weighted by Crippen LogP contribution is -2.15. The molecule has 6 heteroatoms. The third kappa shape index (κ3) is 2.76. The van der Waals surface area contributed by atoms with Crippen LogP contribution in [0, 0.1) is 6.92 Å². The molecule has 0 aliphatic heterocycles. The summed E-state index contributed by atoms with van der Waals surface area (Å²) in [6.07, 6.45) is 7.80. The van der Waals surface area contributed by atoms with Crippen LogP contribution in [0.2, 0.25) is 0 Å². The van der Waals surface area contributed by atoms with Crippen molar-refractivity contribution in [3.8, 4) is 23.0 Å². The van der Waals surface area contributed by atoms with Crippen molar-refractivity contribution in [3.05, 3.63) is 36.2 Å². The zero-order valence-corrected chi connectivity index (χ0v) is 13.1. The van der Waals surface area contributed by atoms with E-state index in [1.54, 1.807) is 6.20 Å². The van der Waals surface area contributed by atoms with Crippen LogP contribution >= 0.6 is 0 Å². The SMILES string of the molecule is Cc1cc(-c2nc(-c3ccccn3)nn2C2CCCCC2)no1. The van der Waals surface area contributed by atoms with E-state index in [0.29, 0.717) is 11.9 Å². The summed E-state index contributed by atoms with van der Waals surface area (Å²) in [5, 5.41) is 8.88. The molecule has 0 unspecified atom stereocenters. The Morgan fingerprint density at radius 2 is 2.00 bits per heavy atom. The van der Waals surface area contributed by atoms with Crippen LogP contribution in [0.15, 0.2) is 35.0 Å². The Bertz CT molecular complexity index is 786. The molecule has 0 amide bonds. The number of aromatic nitrogens is 5. The molecule has 23 heavy (non-hydrogen) atoms. The fraction of sp³-hybridized carbons (Fsp3) is 0.412. The molecule has 118 valence electrons. The molecular formula is C17H19N5O. The number of pyridine rings is 1. The molecule has 0 saturated heterocycles. The van der Waals surface area contributed by atoms with Gasteiger partial charge in [-0.25, -0.2) is 9.67 Å². The Hall–Kier alpha value is -2.50. The first kappa shape index (κ1) is 14.1. The molecule has 0 N–H and O–H groups in total. The van der Waals surface area contributed by atoms with Gasteiger partial charge < -0.3 is 4.52 Å². The van der Waals surface area contributed by atoms with Crippen LogP contribution in [0.1, 0.15) is 43.9 Å². The Balaban J connectivity index is 1.80. The monoisotopic (exact) mass is 309 g/mol. The van der Waals surface area contributed by atoms with E-state index in [1.165, 1.54) is 19.3 Å². The molecule has 3 aromatic rings. The van der Waals surface area contributed by atoms with Gasteiger partial charge in [0, 0.05) is 12.3 Å². The molecule has 6 nitrogen and oxygen atoms in total. The molecule has 0 bridgehead atoms. The zero-order valence-electron chi connectivity index (χ0n) is 13.1. The quantitative estimate of drug-likeness (QED) is 0.736. The van der Waals surface area contributed by atoms with Gasteiger partial charge in [0.25, 0.3) is 0 Å². The second-order valence-electron chi connectivity index (χ2n) is 6.03. The van der Waals surface area contributed by atoms with Gasteiger partial charge >= 0.3 is 0 Å². The first-order chi connectivity index (χ1) is 11.3. The van der Waals surface area contributed by atoms with Crippen molar-refractivity contribution < 1.29 is 4.52 Å². The topological polar surface area (TPSA) is 69.6 Å². The summed E-state index contributed by atoms with van der Waals surface area (Å²) in [4.78, 5) is 9.07. The third-order valence-electron chi connectivity index (χ3n) is 4.30. The van der Waals surface area contributed by atoms with E-state index < -0.39 is 0 Å². The number of rotatable bonds is 3. The highest BCUT2D eigenvalue weighted by atomic mass is 16.5. The average Bonchev–Trinajstić information content (AvgIpc) is 3.23. The van der Waals surface area contributed by atoms with Gasteiger partial charge in [-0.2, -0.15) is 0 Å². The van der Waals surface area contributed by atoms with E-state index in [0.717, 1.165) is 35.8 Å². The summed E-state index contributed by atoms with van der Waals surface area (Å²) >= 11 is 0. The van der Waals surface area contributed by atoms with Gasteiger partial charge in [0.2, 0.25) is 0 Å². The third-order valence-corrected chi connectivity index (χ3v) is 4.30. The van der Waals surface area contributed by atoms with Crippen LogP contribution in [-0.4, -0.2) is 24.9 Å². The van der Waals surface area contributed by atoms with E-state index in [9.17, 15) is 0 Å². The summed E-state index contributed by atoms with van der Waals surface area (Å²) in [7, 11) is 0. The smallest absolute Gasteiger partial charge is 0.200 e. The van der Waals surface area contributed by atoms with Crippen molar-refractivity contribution in [2.75, 3.05) is 0 Å². The highest BCUT2D eigenvalue weighted by Gasteiger charge is 2.24. The van der Waals surface area contributed by atoms with Crippen LogP contribution in [0.25, 0.3) is 23.0 Å². The molecule has 3 heterocycles. The Morgan fingerprint density at radius 3 is 2.70 bits per heavy atom. The van der Waals surface area contributed by atoms with E-state index in [4.69, 9.17) is 14.6 Å². The van der Waals surface area contributed by atoms with Crippen molar-refractivity contribution >= 4 is 0 Å². The molecule has 4 rings (SSSR count). The standard InChI is InChI=1S/C17H19N5O/c1-12-11-15(21-23-12)17-19-16(14-9-5-6-10-18-14)20-22(17)13-7-3-2-4-8-13/h5-6,9-11,13H,2-4,7-8H2,1H3. The van der Waals surface area contributed by atoms with Gasteiger partial charge in [-0.1, -0.05) is 30.5 Å². The van der Waals surface area contributed by atoms with Crippen molar-refractivity contribution in [2.45, 2.75) is 45.1 Å². The molecule has 1 fully saturated rings. The molecule has 0 radical (unpaired) electrons. The van der Waals surface area contributed by atoms with Gasteiger partial charge in [0.15, 0.2) is 17.3 Å². The van der Waals surface area contributed by atoms with Gasteiger partial charge in [-0.3, -0.25) is 4.98 Å². The first-order valence-corrected chi connectivity index (χ1v) is 8.13. The van der Waals surface area contributed by atoms with Crippen LogP contribution in [0.5, 0.6) is 0 Å². The van der Waals surface area contributed by atoms with Crippen molar-refractivity contribution in [3.63, 3.8) is 0 Å². The molecule has 1 saturated carbocycles. The maximum absolute atomic E-state index is 5.23. The number of hydrogen-bond acceptors (Lipinski definition) is 5. The van der Waals surface area contributed by atoms with E-state index >= 15 is 0 Å². The van der Waals surface area contributed by atoms with Crippen molar-refractivity contribution in [1.82, 2.24) is 24.9 Å². The Morgan fingerprint density at radius 1 is 1.13 bits per heavy atom. The molecule has 0 atom stereocenters. The van der Waals surface area contributed by atoms with Crippen LogP contribution in [0.3, 0.4) is 0 Å². The molecule has 0 aromatic carbocycles. The Labute approximate surface area is 134 Å². The predicted molar refractivity (Wildman–Crippen MR) is 85.6 cm³/mol. The lowest BCUT2D eigenvalue weighted by molar-refractivity contribution is 0.331. The average molecular weight is 309 g/mol. The van der Waals surface area contributed by atoms with Gasteiger partial charge in [-0.05, 0) is 31.9 Å². The largest absolute Gasteiger partial charge is 0.361 e. The van der Waals surface area contributed by atoms with Crippen LogP contribution < -0.4 is 0 Å². The van der Waals surface area contributed by atoms with E-state index in [-0.39, 0.29) is 0 Å². The summed E-state index contributed by atoms with van der Waals surface area (Å²) < 4.78 is 7.26. The highest BCUT2D eigenvalue weighted by molar-refractivity contribution is 5.56. The molecule has 1 aliphatic rings. The summed E-state index contributed by atoms with van der Waals surface area (Å²) in [5.74, 6) is 2.19. The first-order valence-electron chi connectivity index (χ1n) is 8.13. The second kappa shape index (κ2) is 5.95. The fourth-order valence-electron chi connectivity index (χ4n) is 3.15. The minimum atomic E-state index is 0.376. The van der Waals surface area contributed by atoms with Gasteiger partial charge in [0.05, 0.1) is 6.04 Å². The Kier molecular flexibility index (Phi) is 3.65. The zero-order chi connectivity index (χ0) is 15.6. The molecular weight excluding hydrogens is 290 g/mol. The van der Waals surface area contributed by atoms with Gasteiger partial charge in [-0.15, -0.1) is 5.10 Å². The van der Waals surface area contributed by atoms with Crippen molar-refractivity contribution in [1.29, 1.82) is 0 Å². The normalized spacial score (nSPS) is 15.9. The molecule has 0 spiro atoms. The minimum Gasteiger partial charge on any atom is -0.361 e. The number of aryl methyl sites for hydroxylation is 1. The minimum absolute atomic E-state index is 0.376. The predicted octanol–water partition coefficient (Wildman–Crippen LogP) is 3.81. The van der Waals surface area contributed by atoms with E-state index in [2.05, 4.69) is 10.1 Å². The summed E-state index contributed by atoms with van der Waals surface area (Å²) in [5.41, 5.74) is 1.52. The van der Waals surface area contributed by atoms with E-state index in [1.807, 2.05) is 35.9 Å². The fourth-order valence-corrected chi connectivity index (χ4v) is 3.15. The second-order valence-corrected chi connectivity index (χ2v) is 6.03. The van der Waals surface area contributed by atoms with Crippen LogP contribution in [0.4, 0.5) is 0 Å². The highest BCUT2D eigenvalue weighted by Crippen LogP contribution is 2.32. The molecule has 3 aromatic heterocycles. The lowest BCUT2D eigenvalue weighted by Gasteiger charge is -2.22. The molecule has 1 aliphatic carbocycles. The number of hydrogen-bond donors (Lipinski definition) is 0. The summed E-state index contributed by atoms with van der Waals surface area (Å²) in [6, 6.07) is 8.05. The van der Waals surface area contributed by atoms with Gasteiger partial charge in [0.1, 0.15) is 11.5 Å². The lowest BCUT2D eigenvalue weighted by atomic mass is 9.95.